The molecule has 1 saturated heterocycles. The summed E-state index contributed by atoms with van der Waals surface area (Å²) < 4.78 is 4.90. The highest BCUT2D eigenvalue weighted by atomic mass is 16.5. The highest BCUT2D eigenvalue weighted by Gasteiger charge is 2.21. The summed E-state index contributed by atoms with van der Waals surface area (Å²) in [5.74, 6) is 0.724. The number of hydrogen-bond donors (Lipinski definition) is 1. The van der Waals surface area contributed by atoms with Gasteiger partial charge in [0.25, 0.3) is 0 Å². The number of hydrogen-bond acceptors (Lipinski definition) is 5. The lowest BCUT2D eigenvalue weighted by atomic mass is 10.3. The summed E-state index contributed by atoms with van der Waals surface area (Å²) in [5, 5.41) is 2.82. The molecule has 2 amide bonds. The number of nitrogens with zero attached hydrogens (tertiary/aromatic N) is 4. The van der Waals surface area contributed by atoms with E-state index in [1.165, 1.54) is 0 Å². The lowest BCUT2D eigenvalue weighted by Gasteiger charge is -2.34. The van der Waals surface area contributed by atoms with Crippen molar-refractivity contribution in [2.75, 3.05) is 51.3 Å². The zero-order valence-corrected chi connectivity index (χ0v) is 11.1. The van der Waals surface area contributed by atoms with Gasteiger partial charge in [-0.2, -0.15) is 0 Å². The number of anilines is 1. The predicted molar refractivity (Wildman–Crippen MR) is 71.1 cm³/mol. The monoisotopic (exact) mass is 265 g/mol. The first-order valence-corrected chi connectivity index (χ1v) is 6.35. The van der Waals surface area contributed by atoms with Gasteiger partial charge in [0.15, 0.2) is 0 Å². The molecule has 2 rings (SSSR count). The van der Waals surface area contributed by atoms with Gasteiger partial charge in [0.2, 0.25) is 5.95 Å². The second-order valence-electron chi connectivity index (χ2n) is 4.25. The molecule has 0 saturated carbocycles. The third kappa shape index (κ3) is 3.78. The Labute approximate surface area is 112 Å². The fourth-order valence-corrected chi connectivity index (χ4v) is 1.94. The molecule has 2 heterocycles. The smallest absolute Gasteiger partial charge is 0.317 e. The van der Waals surface area contributed by atoms with E-state index in [1.54, 1.807) is 30.5 Å². The average Bonchev–Trinajstić information content (AvgIpc) is 2.48. The Morgan fingerprint density at radius 3 is 2.63 bits per heavy atom. The molecule has 0 unspecified atom stereocenters. The maximum Gasteiger partial charge on any atom is 0.317 e. The first-order valence-electron chi connectivity index (χ1n) is 6.35. The van der Waals surface area contributed by atoms with Crippen LogP contribution >= 0.6 is 0 Å². The fraction of sp³-hybridized carbons (Fsp3) is 0.583. The normalized spacial score (nSPS) is 15.4. The van der Waals surface area contributed by atoms with E-state index in [9.17, 15) is 4.79 Å². The molecule has 0 aliphatic carbocycles. The van der Waals surface area contributed by atoms with Gasteiger partial charge in [-0.15, -0.1) is 0 Å². The Kier molecular flexibility index (Phi) is 4.91. The summed E-state index contributed by atoms with van der Waals surface area (Å²) >= 11 is 0. The van der Waals surface area contributed by atoms with E-state index in [0.717, 1.165) is 19.0 Å². The predicted octanol–water partition coefficient (Wildman–Crippen LogP) is -0.0454. The first-order chi connectivity index (χ1) is 9.31. The molecule has 1 aliphatic heterocycles. The highest BCUT2D eigenvalue weighted by molar-refractivity contribution is 5.74. The molecule has 1 aliphatic rings. The Bertz CT molecular complexity index is 392. The standard InChI is InChI=1S/C12H19N5O2/c1-19-10-5-15-12(18)17-8-6-16(7-9-17)11-13-3-2-4-14-11/h2-4H,5-10H2,1H3,(H,15,18). The molecule has 0 spiro atoms. The molecule has 7 heteroatoms. The molecule has 1 fully saturated rings. The number of urea groups is 1. The number of rotatable bonds is 4. The SMILES string of the molecule is COCCNC(=O)N1CCN(c2ncccn2)CC1. The van der Waals surface area contributed by atoms with Crippen LogP contribution < -0.4 is 10.2 Å². The van der Waals surface area contributed by atoms with Gasteiger partial charge in [0.1, 0.15) is 0 Å². The largest absolute Gasteiger partial charge is 0.383 e. The maximum absolute atomic E-state index is 11.8. The second-order valence-corrected chi connectivity index (χ2v) is 4.25. The van der Waals surface area contributed by atoms with Crippen LogP contribution in [0.2, 0.25) is 0 Å². The molecule has 0 aromatic carbocycles. The number of nitrogens with one attached hydrogen (secondary N) is 1. The molecule has 1 N–H and O–H groups in total. The Balaban J connectivity index is 1.77. The molecular weight excluding hydrogens is 246 g/mol. The summed E-state index contributed by atoms with van der Waals surface area (Å²) in [6, 6.07) is 1.76. The Hall–Kier alpha value is -1.89. The van der Waals surface area contributed by atoms with Gasteiger partial charge in [-0.25, -0.2) is 14.8 Å². The Morgan fingerprint density at radius 1 is 1.32 bits per heavy atom. The third-order valence-electron chi connectivity index (χ3n) is 2.98. The second kappa shape index (κ2) is 6.89. The van der Waals surface area contributed by atoms with E-state index in [-0.39, 0.29) is 6.03 Å². The molecule has 1 aromatic heterocycles. The van der Waals surface area contributed by atoms with Gasteiger partial charge >= 0.3 is 6.03 Å². The number of ether oxygens (including phenoxy) is 1. The van der Waals surface area contributed by atoms with Crippen LogP contribution in [0.25, 0.3) is 0 Å². The summed E-state index contributed by atoms with van der Waals surface area (Å²) in [6.45, 7) is 3.93. The quantitative estimate of drug-likeness (QED) is 0.773. The number of carbonyl (C=O) groups excluding carboxylic acids is 1. The minimum atomic E-state index is -0.0364. The number of piperazine rings is 1. The maximum atomic E-state index is 11.8. The zero-order chi connectivity index (χ0) is 13.5. The van der Waals surface area contributed by atoms with Crippen LogP contribution in [-0.4, -0.2) is 67.3 Å². The fourth-order valence-electron chi connectivity index (χ4n) is 1.94. The van der Waals surface area contributed by atoms with E-state index < -0.39 is 0 Å². The van der Waals surface area contributed by atoms with Crippen molar-refractivity contribution in [3.63, 3.8) is 0 Å². The van der Waals surface area contributed by atoms with E-state index in [4.69, 9.17) is 4.74 Å². The molecule has 0 radical (unpaired) electrons. The van der Waals surface area contributed by atoms with Crippen molar-refractivity contribution in [1.29, 1.82) is 0 Å². The van der Waals surface area contributed by atoms with Crippen LogP contribution in [0.5, 0.6) is 0 Å². The van der Waals surface area contributed by atoms with E-state index >= 15 is 0 Å². The van der Waals surface area contributed by atoms with Crippen molar-refractivity contribution in [2.24, 2.45) is 0 Å². The van der Waals surface area contributed by atoms with Gasteiger partial charge in [0, 0.05) is 52.2 Å². The third-order valence-corrected chi connectivity index (χ3v) is 2.98. The van der Waals surface area contributed by atoms with Gasteiger partial charge in [-0.1, -0.05) is 0 Å². The van der Waals surface area contributed by atoms with Gasteiger partial charge in [-0.05, 0) is 6.07 Å². The van der Waals surface area contributed by atoms with Crippen molar-refractivity contribution in [3.05, 3.63) is 18.5 Å². The van der Waals surface area contributed by atoms with Crippen LogP contribution in [0.4, 0.5) is 10.7 Å². The summed E-state index contributed by atoms with van der Waals surface area (Å²) in [4.78, 5) is 24.1. The van der Waals surface area contributed by atoms with Crippen molar-refractivity contribution < 1.29 is 9.53 Å². The number of aromatic nitrogens is 2. The minimum absolute atomic E-state index is 0.0364. The van der Waals surface area contributed by atoms with Gasteiger partial charge in [0.05, 0.1) is 6.61 Å². The lowest BCUT2D eigenvalue weighted by Crippen LogP contribution is -2.52. The number of carbonyl (C=O) groups is 1. The van der Waals surface area contributed by atoms with Crippen molar-refractivity contribution in [3.8, 4) is 0 Å². The van der Waals surface area contributed by atoms with Crippen LogP contribution in [-0.2, 0) is 4.74 Å². The molecule has 0 bridgehead atoms. The number of amides is 2. The topological polar surface area (TPSA) is 70.6 Å². The van der Waals surface area contributed by atoms with Crippen molar-refractivity contribution in [1.82, 2.24) is 20.2 Å². The minimum Gasteiger partial charge on any atom is -0.383 e. The number of methoxy groups -OCH3 is 1. The van der Waals surface area contributed by atoms with E-state index in [2.05, 4.69) is 20.2 Å². The Morgan fingerprint density at radius 2 is 2.00 bits per heavy atom. The van der Waals surface area contributed by atoms with Gasteiger partial charge < -0.3 is 19.9 Å². The van der Waals surface area contributed by atoms with Crippen molar-refractivity contribution in [2.45, 2.75) is 0 Å². The molecule has 104 valence electrons. The highest BCUT2D eigenvalue weighted by Crippen LogP contribution is 2.09. The molecular formula is C12H19N5O2. The van der Waals surface area contributed by atoms with Crippen LogP contribution in [0.3, 0.4) is 0 Å². The lowest BCUT2D eigenvalue weighted by molar-refractivity contribution is 0.177. The van der Waals surface area contributed by atoms with Crippen LogP contribution in [0, 0.1) is 0 Å². The van der Waals surface area contributed by atoms with Crippen LogP contribution in [0.1, 0.15) is 0 Å². The summed E-state index contributed by atoms with van der Waals surface area (Å²) in [5.41, 5.74) is 0. The summed E-state index contributed by atoms with van der Waals surface area (Å²) in [6.07, 6.45) is 3.46. The first kappa shape index (κ1) is 13.5. The molecule has 0 atom stereocenters. The van der Waals surface area contributed by atoms with E-state index in [0.29, 0.717) is 26.2 Å². The van der Waals surface area contributed by atoms with E-state index in [1.807, 2.05) is 0 Å². The van der Waals surface area contributed by atoms with Gasteiger partial charge in [-0.3, -0.25) is 0 Å². The molecule has 7 nitrogen and oxygen atoms in total. The summed E-state index contributed by atoms with van der Waals surface area (Å²) in [7, 11) is 1.62. The van der Waals surface area contributed by atoms with Crippen molar-refractivity contribution >= 4 is 12.0 Å². The zero-order valence-electron chi connectivity index (χ0n) is 11.1. The average molecular weight is 265 g/mol. The molecule has 19 heavy (non-hydrogen) atoms. The van der Waals surface area contributed by atoms with Crippen LogP contribution in [0.15, 0.2) is 18.5 Å². The molecule has 1 aromatic rings.